The molecule has 0 bridgehead atoms. The van der Waals surface area contributed by atoms with E-state index in [-0.39, 0.29) is 25.0 Å². The first-order valence-corrected chi connectivity index (χ1v) is 14.4. The van der Waals surface area contributed by atoms with Crippen molar-refractivity contribution >= 4 is 22.7 Å². The minimum absolute atomic E-state index is 0.00287. The molecule has 230 valence electrons. The van der Waals surface area contributed by atoms with Crippen LogP contribution < -0.4 is 24.8 Å². The van der Waals surface area contributed by atoms with E-state index >= 15 is 0 Å². The lowest BCUT2D eigenvalue weighted by atomic mass is 10.0. The van der Waals surface area contributed by atoms with E-state index < -0.39 is 17.9 Å². The normalized spacial score (nSPS) is 16.8. The van der Waals surface area contributed by atoms with Gasteiger partial charge in [-0.05, 0) is 66.9 Å². The van der Waals surface area contributed by atoms with Crippen molar-refractivity contribution in [2.75, 3.05) is 33.0 Å². The van der Waals surface area contributed by atoms with Gasteiger partial charge in [0.15, 0.2) is 11.5 Å². The number of amides is 2. The molecule has 2 unspecified atom stereocenters. The van der Waals surface area contributed by atoms with E-state index in [1.54, 1.807) is 59.4 Å². The van der Waals surface area contributed by atoms with E-state index in [1.165, 1.54) is 0 Å². The van der Waals surface area contributed by atoms with E-state index in [1.807, 2.05) is 12.1 Å². The first-order chi connectivity index (χ1) is 21.2. The van der Waals surface area contributed by atoms with E-state index in [0.29, 0.717) is 61.9 Å². The van der Waals surface area contributed by atoms with E-state index in [2.05, 4.69) is 15.7 Å². The van der Waals surface area contributed by atoms with E-state index in [9.17, 15) is 18.4 Å². The largest absolute Gasteiger partial charge is 0.491 e. The third-order valence-corrected chi connectivity index (χ3v) is 7.43. The number of rotatable bonds is 10. The van der Waals surface area contributed by atoms with Crippen molar-refractivity contribution in [1.29, 1.82) is 0 Å². The van der Waals surface area contributed by atoms with Gasteiger partial charge in [0.2, 0.25) is 0 Å². The minimum atomic E-state index is -3.54. The van der Waals surface area contributed by atoms with Crippen LogP contribution in [0.1, 0.15) is 29.3 Å². The second-order valence-electron chi connectivity index (χ2n) is 10.9. The molecule has 0 radical (unpaired) electrons. The number of hydrogen-bond donors (Lipinski definition) is 2. The van der Waals surface area contributed by atoms with Crippen molar-refractivity contribution < 1.29 is 37.3 Å². The predicted octanol–water partition coefficient (Wildman–Crippen LogP) is 4.08. The zero-order chi connectivity index (χ0) is 30.7. The molecule has 2 aliphatic heterocycles. The average molecular weight is 607 g/mol. The Kier molecular flexibility index (Phi) is 8.34. The Bertz CT molecular complexity index is 1660. The lowest BCUT2D eigenvalue weighted by Gasteiger charge is -2.23. The molecule has 0 spiro atoms. The number of nitrogens with zero attached hydrogens (tertiary/aromatic N) is 2. The van der Waals surface area contributed by atoms with Gasteiger partial charge in [-0.1, -0.05) is 12.1 Å². The molecule has 44 heavy (non-hydrogen) atoms. The first kappa shape index (κ1) is 29.4. The van der Waals surface area contributed by atoms with Crippen LogP contribution in [-0.4, -0.2) is 72.6 Å². The van der Waals surface area contributed by atoms with Crippen LogP contribution in [0.5, 0.6) is 17.2 Å². The van der Waals surface area contributed by atoms with Gasteiger partial charge < -0.3 is 29.6 Å². The van der Waals surface area contributed by atoms with Crippen LogP contribution in [0.2, 0.25) is 0 Å². The number of carbonyl (C=O) groups is 2. The number of halogens is 2. The molecule has 1 fully saturated rings. The van der Waals surface area contributed by atoms with Crippen LogP contribution in [0, 0.1) is 0 Å². The van der Waals surface area contributed by atoms with Gasteiger partial charge in [0, 0.05) is 24.5 Å². The summed E-state index contributed by atoms with van der Waals surface area (Å²) in [5, 5.41) is 10.7. The van der Waals surface area contributed by atoms with Gasteiger partial charge in [0.05, 0.1) is 36.1 Å². The lowest BCUT2D eigenvalue weighted by molar-refractivity contribution is -0.144. The fraction of sp³-hybridized carbons (Fsp3) is 0.344. The van der Waals surface area contributed by atoms with Crippen LogP contribution in [0.3, 0.4) is 0 Å². The molecule has 10 nitrogen and oxygen atoms in total. The summed E-state index contributed by atoms with van der Waals surface area (Å²) in [6, 6.07) is 17.1. The number of aromatic nitrogens is 2. The van der Waals surface area contributed by atoms with Gasteiger partial charge in [0.1, 0.15) is 25.6 Å². The highest BCUT2D eigenvalue weighted by Gasteiger charge is 2.34. The minimum Gasteiger partial charge on any atom is -0.491 e. The number of benzene rings is 3. The van der Waals surface area contributed by atoms with Crippen molar-refractivity contribution in [3.63, 3.8) is 0 Å². The standard InChI is InChI=1S/C32H32F2N4O6/c1-32(33,34)31(40)37-24(13-20-5-8-28-29(14-20)43-12-11-42-28)19-44-26-6-7-27-22(16-26)17-35-38(27)25-4-2-3-21(15-25)30(39)36-23-9-10-41-18-23/h2-8,14-17,23-24H,9-13,18-19H2,1H3,(H,36,39)(H,37,40). The van der Waals surface area contributed by atoms with Crippen molar-refractivity contribution in [2.24, 2.45) is 0 Å². The van der Waals surface area contributed by atoms with Crippen molar-refractivity contribution in [2.45, 2.75) is 37.8 Å². The molecule has 2 aliphatic rings. The maximum atomic E-state index is 13.8. The molecule has 1 aromatic heterocycles. The fourth-order valence-electron chi connectivity index (χ4n) is 5.16. The Morgan fingerprint density at radius 2 is 1.91 bits per heavy atom. The van der Waals surface area contributed by atoms with Crippen LogP contribution >= 0.6 is 0 Å². The van der Waals surface area contributed by atoms with Crippen LogP contribution in [0.15, 0.2) is 66.9 Å². The third kappa shape index (κ3) is 6.75. The van der Waals surface area contributed by atoms with Gasteiger partial charge >= 0.3 is 5.92 Å². The fourth-order valence-corrected chi connectivity index (χ4v) is 5.16. The van der Waals surface area contributed by atoms with Crippen molar-refractivity contribution in [3.8, 4) is 22.9 Å². The summed E-state index contributed by atoms with van der Waals surface area (Å²) in [4.78, 5) is 24.9. The molecule has 2 N–H and O–H groups in total. The zero-order valence-electron chi connectivity index (χ0n) is 24.1. The van der Waals surface area contributed by atoms with Crippen molar-refractivity contribution in [3.05, 3.63) is 78.0 Å². The Labute approximate surface area is 252 Å². The zero-order valence-corrected chi connectivity index (χ0v) is 24.1. The summed E-state index contributed by atoms with van der Waals surface area (Å²) in [5.74, 6) is -3.44. The number of nitrogens with one attached hydrogen (secondary N) is 2. The van der Waals surface area contributed by atoms with Gasteiger partial charge in [-0.3, -0.25) is 9.59 Å². The Hall–Kier alpha value is -4.71. The highest BCUT2D eigenvalue weighted by atomic mass is 19.3. The molecular formula is C32H32F2N4O6. The predicted molar refractivity (Wildman–Crippen MR) is 157 cm³/mol. The molecule has 3 aromatic carbocycles. The summed E-state index contributed by atoms with van der Waals surface area (Å²) in [7, 11) is 0. The maximum Gasteiger partial charge on any atom is 0.321 e. The molecule has 6 rings (SSSR count). The number of hydrogen-bond acceptors (Lipinski definition) is 7. The molecule has 1 saturated heterocycles. The maximum absolute atomic E-state index is 13.8. The average Bonchev–Trinajstić information content (AvgIpc) is 3.69. The molecule has 0 aliphatic carbocycles. The number of fused-ring (bicyclic) bond motifs is 2. The second-order valence-corrected chi connectivity index (χ2v) is 10.9. The molecule has 12 heteroatoms. The van der Waals surface area contributed by atoms with E-state index in [0.717, 1.165) is 22.9 Å². The summed E-state index contributed by atoms with van der Waals surface area (Å²) in [6.45, 7) is 2.52. The number of carbonyl (C=O) groups excluding carboxylic acids is 2. The van der Waals surface area contributed by atoms with Gasteiger partial charge in [-0.15, -0.1) is 0 Å². The Morgan fingerprint density at radius 1 is 1.07 bits per heavy atom. The Morgan fingerprint density at radius 3 is 2.70 bits per heavy atom. The first-order valence-electron chi connectivity index (χ1n) is 14.4. The van der Waals surface area contributed by atoms with Crippen LogP contribution in [0.25, 0.3) is 16.6 Å². The summed E-state index contributed by atoms with van der Waals surface area (Å²) < 4.78 is 51.8. The number of ether oxygens (including phenoxy) is 4. The van der Waals surface area contributed by atoms with Crippen LogP contribution in [0.4, 0.5) is 8.78 Å². The summed E-state index contributed by atoms with van der Waals surface area (Å²) in [6.07, 6.45) is 2.70. The second kappa shape index (κ2) is 12.5. The summed E-state index contributed by atoms with van der Waals surface area (Å²) >= 11 is 0. The van der Waals surface area contributed by atoms with Crippen LogP contribution in [-0.2, 0) is 16.0 Å². The lowest BCUT2D eigenvalue weighted by Crippen LogP contribution is -2.47. The molecule has 3 heterocycles. The van der Waals surface area contributed by atoms with Gasteiger partial charge in [0.25, 0.3) is 11.8 Å². The quantitative estimate of drug-likeness (QED) is 0.280. The van der Waals surface area contributed by atoms with Gasteiger partial charge in [-0.25, -0.2) is 4.68 Å². The molecule has 2 amide bonds. The monoisotopic (exact) mass is 606 g/mol. The Balaban J connectivity index is 1.16. The number of alkyl halides is 2. The highest BCUT2D eigenvalue weighted by Crippen LogP contribution is 2.31. The van der Waals surface area contributed by atoms with Gasteiger partial charge in [-0.2, -0.15) is 13.9 Å². The van der Waals surface area contributed by atoms with E-state index in [4.69, 9.17) is 18.9 Å². The molecule has 4 aromatic rings. The molecule has 0 saturated carbocycles. The molecule has 2 atom stereocenters. The molecular weight excluding hydrogens is 574 g/mol. The smallest absolute Gasteiger partial charge is 0.321 e. The topological polar surface area (TPSA) is 113 Å². The summed E-state index contributed by atoms with van der Waals surface area (Å²) in [5.41, 5.74) is 2.78. The third-order valence-electron chi connectivity index (χ3n) is 7.43. The van der Waals surface area contributed by atoms with Crippen molar-refractivity contribution in [1.82, 2.24) is 20.4 Å². The SMILES string of the molecule is CC(F)(F)C(=O)NC(COc1ccc2c(cnn2-c2cccc(C(=O)NC3CCOC3)c2)c1)Cc1ccc2c(c1)OCCO2. The highest BCUT2D eigenvalue weighted by molar-refractivity contribution is 5.95.